The van der Waals surface area contributed by atoms with Gasteiger partial charge in [0, 0.05) is 14.9 Å². The molecule has 21 heavy (non-hydrogen) atoms. The molecule has 0 amide bonds. The highest BCUT2D eigenvalue weighted by Gasteiger charge is 2.12. The molecule has 0 saturated carbocycles. The average Bonchev–Trinajstić information content (AvgIpc) is 2.96. The topological polar surface area (TPSA) is 60.7 Å². The minimum Gasteiger partial charge on any atom is -0.298 e. The van der Waals surface area contributed by atoms with Gasteiger partial charge in [-0.05, 0) is 52.5 Å². The van der Waals surface area contributed by atoms with Gasteiger partial charge >= 0.3 is 0 Å². The molecular weight excluding hydrogens is 352 g/mol. The van der Waals surface area contributed by atoms with Crippen LogP contribution in [0.15, 0.2) is 63.1 Å². The first kappa shape index (κ1) is 14.0. The van der Waals surface area contributed by atoms with Crippen LogP contribution in [0.25, 0.3) is 5.69 Å². The van der Waals surface area contributed by atoms with Gasteiger partial charge in [0.2, 0.25) is 5.16 Å². The number of aldehydes is 1. The normalized spacial score (nSPS) is 10.5. The molecule has 0 spiro atoms. The van der Waals surface area contributed by atoms with E-state index in [1.807, 2.05) is 42.5 Å². The molecule has 0 radical (unpaired) electrons. The minimum atomic E-state index is 0.599. The van der Waals surface area contributed by atoms with E-state index in [4.69, 9.17) is 0 Å². The Labute approximate surface area is 133 Å². The summed E-state index contributed by atoms with van der Waals surface area (Å²) >= 11 is 4.75. The van der Waals surface area contributed by atoms with Crippen LogP contribution in [0.1, 0.15) is 10.4 Å². The van der Waals surface area contributed by atoms with Crippen LogP contribution in [0, 0.1) is 0 Å². The van der Waals surface area contributed by atoms with Crippen molar-refractivity contribution in [3.05, 3.63) is 58.6 Å². The number of carbonyl (C=O) groups is 1. The van der Waals surface area contributed by atoms with Crippen LogP contribution in [0.5, 0.6) is 0 Å². The summed E-state index contributed by atoms with van der Waals surface area (Å²) in [4.78, 5) is 11.9. The molecule has 3 rings (SSSR count). The molecule has 104 valence electrons. The van der Waals surface area contributed by atoms with Crippen LogP contribution >= 0.6 is 27.7 Å². The first-order valence-corrected chi connectivity index (χ1v) is 7.65. The monoisotopic (exact) mass is 360 g/mol. The number of carbonyl (C=O) groups excluding carboxylic acids is 1. The molecule has 5 nitrogen and oxygen atoms in total. The molecule has 0 atom stereocenters. The van der Waals surface area contributed by atoms with Gasteiger partial charge in [-0.15, -0.1) is 5.10 Å². The Morgan fingerprint density at radius 2 is 1.95 bits per heavy atom. The Hall–Kier alpha value is -1.99. The van der Waals surface area contributed by atoms with Crippen LogP contribution in [0.2, 0.25) is 0 Å². The summed E-state index contributed by atoms with van der Waals surface area (Å²) in [5.41, 5.74) is 1.47. The predicted molar refractivity (Wildman–Crippen MR) is 82.8 cm³/mol. The Bertz CT molecular complexity index is 776. The molecule has 0 aliphatic heterocycles. The van der Waals surface area contributed by atoms with Gasteiger partial charge in [0.05, 0.1) is 5.69 Å². The number of aromatic nitrogens is 4. The zero-order valence-corrected chi connectivity index (χ0v) is 13.1. The second-order valence-corrected chi connectivity index (χ2v) is 6.04. The first-order valence-electron chi connectivity index (χ1n) is 6.04. The zero-order valence-electron chi connectivity index (χ0n) is 10.7. The van der Waals surface area contributed by atoms with Gasteiger partial charge in [0.25, 0.3) is 0 Å². The summed E-state index contributed by atoms with van der Waals surface area (Å²) in [6.07, 6.45) is 0.825. The van der Waals surface area contributed by atoms with E-state index in [9.17, 15) is 4.79 Å². The molecule has 3 aromatic rings. The van der Waals surface area contributed by atoms with E-state index < -0.39 is 0 Å². The summed E-state index contributed by atoms with van der Waals surface area (Å²) in [5.74, 6) is 0. The summed E-state index contributed by atoms with van der Waals surface area (Å²) in [6, 6.07) is 15.1. The molecule has 0 aliphatic carbocycles. The smallest absolute Gasteiger partial charge is 0.218 e. The third kappa shape index (κ3) is 3.03. The number of rotatable bonds is 4. The minimum absolute atomic E-state index is 0.599. The molecule has 0 bridgehead atoms. The van der Waals surface area contributed by atoms with Crippen LogP contribution in [0.4, 0.5) is 0 Å². The maximum Gasteiger partial charge on any atom is 0.218 e. The molecule has 0 aliphatic rings. The highest BCUT2D eigenvalue weighted by atomic mass is 79.9. The fraction of sp³-hybridized carbons (Fsp3) is 0. The quantitative estimate of drug-likeness (QED) is 0.667. The Morgan fingerprint density at radius 3 is 2.71 bits per heavy atom. The molecule has 0 unspecified atom stereocenters. The SMILES string of the molecule is O=Cc1ccc(Br)cc1Sc1nnnn1-c1ccccc1. The molecule has 0 fully saturated rings. The lowest BCUT2D eigenvalue weighted by Crippen LogP contribution is -1.98. The van der Waals surface area contributed by atoms with Crippen molar-refractivity contribution in [3.63, 3.8) is 0 Å². The first-order chi connectivity index (χ1) is 10.3. The maximum atomic E-state index is 11.1. The summed E-state index contributed by atoms with van der Waals surface area (Å²) in [7, 11) is 0. The van der Waals surface area contributed by atoms with Gasteiger partial charge in [-0.3, -0.25) is 4.79 Å². The maximum absolute atomic E-state index is 11.1. The van der Waals surface area contributed by atoms with Crippen LogP contribution in [-0.2, 0) is 0 Å². The number of tetrazole rings is 1. The number of benzene rings is 2. The van der Waals surface area contributed by atoms with E-state index in [0.29, 0.717) is 10.7 Å². The van der Waals surface area contributed by atoms with E-state index in [2.05, 4.69) is 31.5 Å². The second kappa shape index (κ2) is 6.19. The van der Waals surface area contributed by atoms with E-state index in [1.54, 1.807) is 10.7 Å². The lowest BCUT2D eigenvalue weighted by molar-refractivity contribution is 0.112. The molecule has 1 aromatic heterocycles. The van der Waals surface area contributed by atoms with Crippen molar-refractivity contribution >= 4 is 34.0 Å². The van der Waals surface area contributed by atoms with E-state index in [1.165, 1.54) is 11.8 Å². The fourth-order valence-corrected chi connectivity index (χ4v) is 3.20. The van der Waals surface area contributed by atoms with Crippen molar-refractivity contribution < 1.29 is 4.79 Å². The number of hydrogen-bond donors (Lipinski definition) is 0. The molecular formula is C14H9BrN4OS. The molecule has 0 N–H and O–H groups in total. The molecule has 2 aromatic carbocycles. The number of halogens is 1. The van der Waals surface area contributed by atoms with Crippen molar-refractivity contribution in [2.45, 2.75) is 10.1 Å². The van der Waals surface area contributed by atoms with Crippen molar-refractivity contribution in [3.8, 4) is 5.69 Å². The van der Waals surface area contributed by atoms with Gasteiger partial charge < -0.3 is 0 Å². The zero-order chi connectivity index (χ0) is 14.7. The average molecular weight is 361 g/mol. The number of hydrogen-bond acceptors (Lipinski definition) is 5. The van der Waals surface area contributed by atoms with Gasteiger partial charge in [0.15, 0.2) is 6.29 Å². The van der Waals surface area contributed by atoms with Crippen LogP contribution < -0.4 is 0 Å². The lowest BCUT2D eigenvalue weighted by Gasteiger charge is -2.06. The Morgan fingerprint density at radius 1 is 1.14 bits per heavy atom. The highest BCUT2D eigenvalue weighted by molar-refractivity contribution is 9.10. The van der Waals surface area contributed by atoms with Crippen LogP contribution in [-0.4, -0.2) is 26.5 Å². The number of nitrogens with zero attached hydrogens (tertiary/aromatic N) is 4. The van der Waals surface area contributed by atoms with Crippen molar-refractivity contribution in [2.24, 2.45) is 0 Å². The molecule has 1 heterocycles. The summed E-state index contributed by atoms with van der Waals surface area (Å²) < 4.78 is 2.54. The largest absolute Gasteiger partial charge is 0.298 e. The van der Waals surface area contributed by atoms with Crippen molar-refractivity contribution in [2.75, 3.05) is 0 Å². The van der Waals surface area contributed by atoms with Crippen molar-refractivity contribution in [1.82, 2.24) is 20.2 Å². The third-order valence-electron chi connectivity index (χ3n) is 2.75. The second-order valence-electron chi connectivity index (χ2n) is 4.11. The molecule has 7 heteroatoms. The Kier molecular flexibility index (Phi) is 4.12. The number of para-hydroxylation sites is 1. The van der Waals surface area contributed by atoms with Crippen LogP contribution in [0.3, 0.4) is 0 Å². The van der Waals surface area contributed by atoms with E-state index in [-0.39, 0.29) is 0 Å². The standard InChI is InChI=1S/C14H9BrN4OS/c15-11-7-6-10(9-20)13(8-11)21-14-16-17-18-19(14)12-4-2-1-3-5-12/h1-9H. The van der Waals surface area contributed by atoms with Gasteiger partial charge in [-0.2, -0.15) is 4.68 Å². The van der Waals surface area contributed by atoms with Gasteiger partial charge in [-0.1, -0.05) is 34.1 Å². The lowest BCUT2D eigenvalue weighted by atomic mass is 10.2. The summed E-state index contributed by atoms with van der Waals surface area (Å²) in [5, 5.41) is 12.3. The summed E-state index contributed by atoms with van der Waals surface area (Å²) in [6.45, 7) is 0. The van der Waals surface area contributed by atoms with Gasteiger partial charge in [0.1, 0.15) is 0 Å². The van der Waals surface area contributed by atoms with Gasteiger partial charge in [-0.25, -0.2) is 0 Å². The highest BCUT2D eigenvalue weighted by Crippen LogP contribution is 2.31. The Balaban J connectivity index is 1.99. The molecule has 0 saturated heterocycles. The predicted octanol–water partition coefficient (Wildman–Crippen LogP) is 3.39. The van der Waals surface area contributed by atoms with E-state index in [0.717, 1.165) is 21.3 Å². The van der Waals surface area contributed by atoms with E-state index >= 15 is 0 Å². The van der Waals surface area contributed by atoms with Crippen molar-refractivity contribution in [1.29, 1.82) is 0 Å². The third-order valence-corrected chi connectivity index (χ3v) is 4.25. The fourth-order valence-electron chi connectivity index (χ4n) is 1.77.